The van der Waals surface area contributed by atoms with E-state index < -0.39 is 14.3 Å². The molecule has 0 aromatic carbocycles. The van der Waals surface area contributed by atoms with Gasteiger partial charge in [-0.3, -0.25) is 0 Å². The lowest BCUT2D eigenvalue weighted by molar-refractivity contribution is 0.605. The van der Waals surface area contributed by atoms with Crippen molar-refractivity contribution in [3.63, 3.8) is 0 Å². The lowest BCUT2D eigenvalue weighted by atomic mass is 10.3. The molecule has 1 rings (SSSR count). The molecule has 0 spiro atoms. The normalized spacial score (nSPS) is 14.0. The van der Waals surface area contributed by atoms with Gasteiger partial charge in [-0.25, -0.2) is 8.42 Å². The molecule has 13 heavy (non-hydrogen) atoms. The molecule has 0 saturated heterocycles. The molecule has 0 radical (unpaired) electrons. The maximum absolute atomic E-state index is 11.1. The Morgan fingerprint density at radius 1 is 1.69 bits per heavy atom. The fraction of sp³-hybridized carbons (Fsp3) is 0.250. The third-order valence-corrected chi connectivity index (χ3v) is 4.46. The highest BCUT2D eigenvalue weighted by Crippen LogP contribution is 2.31. The minimum absolute atomic E-state index is 0.711. The van der Waals surface area contributed by atoms with Crippen LogP contribution in [0.15, 0.2) is 24.1 Å². The van der Waals surface area contributed by atoms with E-state index in [4.69, 9.17) is 10.7 Å². The second kappa shape index (κ2) is 3.82. The zero-order valence-corrected chi connectivity index (χ0v) is 9.42. The Morgan fingerprint density at radius 2 is 2.31 bits per heavy atom. The summed E-state index contributed by atoms with van der Waals surface area (Å²) in [5.41, 5.74) is 1.03. The van der Waals surface area contributed by atoms with Gasteiger partial charge in [0.2, 0.25) is 9.05 Å². The van der Waals surface area contributed by atoms with Crippen LogP contribution in [0.5, 0.6) is 0 Å². The smallest absolute Gasteiger partial charge is 0.211 e. The quantitative estimate of drug-likeness (QED) is 0.598. The minimum atomic E-state index is -3.59. The summed E-state index contributed by atoms with van der Waals surface area (Å²) >= 11 is 1.37. The number of hydrogen-bond acceptors (Lipinski definition) is 3. The summed E-state index contributed by atoms with van der Waals surface area (Å²) in [7, 11) is 1.66. The highest BCUT2D eigenvalue weighted by atomic mass is 35.7. The van der Waals surface area contributed by atoms with Crippen molar-refractivity contribution in [3.05, 3.63) is 34.5 Å². The molecule has 1 atom stereocenters. The van der Waals surface area contributed by atoms with Gasteiger partial charge in [-0.15, -0.1) is 17.9 Å². The van der Waals surface area contributed by atoms with Crippen LogP contribution in [0, 0.1) is 6.92 Å². The SMILES string of the molecule is C=CC(c1cc(C)cs1)S(=O)(=O)Cl. The van der Waals surface area contributed by atoms with Gasteiger partial charge in [0.05, 0.1) is 0 Å². The first-order valence-corrected chi connectivity index (χ1v) is 6.81. The van der Waals surface area contributed by atoms with E-state index in [-0.39, 0.29) is 0 Å². The lowest BCUT2D eigenvalue weighted by Crippen LogP contribution is -2.01. The molecule has 1 aromatic rings. The van der Waals surface area contributed by atoms with Crippen LogP contribution < -0.4 is 0 Å². The molecular weight excluding hydrogens is 228 g/mol. The van der Waals surface area contributed by atoms with Crippen LogP contribution in [0.1, 0.15) is 15.7 Å². The van der Waals surface area contributed by atoms with Gasteiger partial charge in [0.15, 0.2) is 0 Å². The van der Waals surface area contributed by atoms with Crippen LogP contribution in [0.4, 0.5) is 0 Å². The molecule has 0 saturated carbocycles. The Kier molecular flexibility index (Phi) is 3.16. The summed E-state index contributed by atoms with van der Waals surface area (Å²) in [6.45, 7) is 5.36. The zero-order chi connectivity index (χ0) is 10.1. The minimum Gasteiger partial charge on any atom is -0.211 e. The number of rotatable bonds is 3. The fourth-order valence-corrected chi connectivity index (χ4v) is 3.63. The van der Waals surface area contributed by atoms with Gasteiger partial charge >= 0.3 is 0 Å². The fourth-order valence-electron chi connectivity index (χ4n) is 0.972. The molecular formula is C8H9ClO2S2. The first-order chi connectivity index (χ1) is 5.95. The monoisotopic (exact) mass is 236 g/mol. The first-order valence-electron chi connectivity index (χ1n) is 3.56. The highest BCUT2D eigenvalue weighted by Gasteiger charge is 2.22. The Labute approximate surface area is 86.3 Å². The number of hydrogen-bond donors (Lipinski definition) is 0. The third-order valence-electron chi connectivity index (χ3n) is 1.55. The molecule has 72 valence electrons. The lowest BCUT2D eigenvalue weighted by Gasteiger charge is -2.04. The van der Waals surface area contributed by atoms with E-state index in [1.807, 2.05) is 12.3 Å². The standard InChI is InChI=1S/C8H9ClO2S2/c1-3-8(13(9,10)11)7-4-6(2)5-12-7/h3-5,8H,1H2,2H3. The Hall–Kier alpha value is -0.320. The maximum atomic E-state index is 11.1. The van der Waals surface area contributed by atoms with Crippen molar-refractivity contribution < 1.29 is 8.42 Å². The molecule has 0 amide bonds. The van der Waals surface area contributed by atoms with Crippen LogP contribution in [0.25, 0.3) is 0 Å². The molecule has 1 heterocycles. The predicted octanol–water partition coefficient (Wildman–Crippen LogP) is 2.85. The maximum Gasteiger partial charge on any atom is 0.244 e. The number of aryl methyl sites for hydroxylation is 1. The Balaban J connectivity index is 3.12. The summed E-state index contributed by atoms with van der Waals surface area (Å²) in [4.78, 5) is 0.711. The summed E-state index contributed by atoms with van der Waals surface area (Å²) in [5.74, 6) is 0. The molecule has 0 N–H and O–H groups in total. The van der Waals surface area contributed by atoms with Crippen LogP contribution in [0.2, 0.25) is 0 Å². The summed E-state index contributed by atoms with van der Waals surface area (Å²) < 4.78 is 22.1. The van der Waals surface area contributed by atoms with E-state index in [0.717, 1.165) is 5.56 Å². The van der Waals surface area contributed by atoms with E-state index in [9.17, 15) is 8.42 Å². The highest BCUT2D eigenvalue weighted by molar-refractivity contribution is 8.14. The van der Waals surface area contributed by atoms with Gasteiger partial charge in [0.25, 0.3) is 0 Å². The molecule has 0 aliphatic rings. The molecule has 1 aromatic heterocycles. The van der Waals surface area contributed by atoms with E-state index in [0.29, 0.717) is 4.88 Å². The van der Waals surface area contributed by atoms with E-state index >= 15 is 0 Å². The van der Waals surface area contributed by atoms with Crippen LogP contribution in [0.3, 0.4) is 0 Å². The van der Waals surface area contributed by atoms with E-state index in [1.165, 1.54) is 17.4 Å². The summed E-state index contributed by atoms with van der Waals surface area (Å²) in [6.07, 6.45) is 1.34. The van der Waals surface area contributed by atoms with Crippen LogP contribution in [-0.4, -0.2) is 8.42 Å². The van der Waals surface area contributed by atoms with Crippen LogP contribution >= 0.6 is 22.0 Å². The van der Waals surface area contributed by atoms with E-state index in [2.05, 4.69) is 6.58 Å². The predicted molar refractivity (Wildman–Crippen MR) is 56.8 cm³/mol. The topological polar surface area (TPSA) is 34.1 Å². The third kappa shape index (κ3) is 2.56. The largest absolute Gasteiger partial charge is 0.244 e. The Bertz CT molecular complexity index is 406. The molecule has 5 heteroatoms. The van der Waals surface area contributed by atoms with Crippen molar-refractivity contribution >= 4 is 31.1 Å². The van der Waals surface area contributed by atoms with Gasteiger partial charge in [-0.2, -0.15) is 0 Å². The van der Waals surface area contributed by atoms with Crippen molar-refractivity contribution in [2.75, 3.05) is 0 Å². The van der Waals surface area contributed by atoms with Crippen molar-refractivity contribution in [2.24, 2.45) is 0 Å². The van der Waals surface area contributed by atoms with E-state index in [1.54, 1.807) is 6.07 Å². The zero-order valence-electron chi connectivity index (χ0n) is 7.03. The van der Waals surface area contributed by atoms with Gasteiger partial charge in [0, 0.05) is 15.6 Å². The number of thiophene rings is 1. The van der Waals surface area contributed by atoms with Gasteiger partial charge in [-0.1, -0.05) is 6.08 Å². The van der Waals surface area contributed by atoms with Gasteiger partial charge in [0.1, 0.15) is 5.25 Å². The van der Waals surface area contributed by atoms with Crippen molar-refractivity contribution in [1.29, 1.82) is 0 Å². The average molecular weight is 237 g/mol. The summed E-state index contributed by atoms with van der Waals surface area (Å²) in [6, 6.07) is 1.80. The number of halogens is 1. The van der Waals surface area contributed by atoms with Crippen LogP contribution in [-0.2, 0) is 9.05 Å². The molecule has 0 aliphatic carbocycles. The van der Waals surface area contributed by atoms with Crippen molar-refractivity contribution in [3.8, 4) is 0 Å². The van der Waals surface area contributed by atoms with Gasteiger partial charge < -0.3 is 0 Å². The molecule has 0 fully saturated rings. The van der Waals surface area contributed by atoms with Crippen molar-refractivity contribution in [2.45, 2.75) is 12.2 Å². The first kappa shape index (κ1) is 10.8. The van der Waals surface area contributed by atoms with Gasteiger partial charge in [-0.05, 0) is 23.9 Å². The molecule has 1 unspecified atom stereocenters. The molecule has 0 aliphatic heterocycles. The van der Waals surface area contributed by atoms with Crippen molar-refractivity contribution in [1.82, 2.24) is 0 Å². The second-order valence-electron chi connectivity index (χ2n) is 2.66. The second-order valence-corrected chi connectivity index (χ2v) is 6.35. The molecule has 0 bridgehead atoms. The average Bonchev–Trinajstić information content (AvgIpc) is 2.34. The Morgan fingerprint density at radius 3 is 2.62 bits per heavy atom. The molecule has 2 nitrogen and oxygen atoms in total. The summed E-state index contributed by atoms with van der Waals surface area (Å²) in [5, 5.41) is 1.10.